The third-order valence-corrected chi connectivity index (χ3v) is 3.43. The number of halogens is 1. The average molecular weight is 368 g/mol. The summed E-state index contributed by atoms with van der Waals surface area (Å²) in [5.41, 5.74) is 0.882. The zero-order valence-electron chi connectivity index (χ0n) is 10.9. The highest BCUT2D eigenvalue weighted by Crippen LogP contribution is 2.37. The van der Waals surface area contributed by atoms with E-state index >= 15 is 0 Å². The van der Waals surface area contributed by atoms with E-state index in [1.807, 2.05) is 12.1 Å². The normalized spacial score (nSPS) is 10.8. The van der Waals surface area contributed by atoms with E-state index in [1.165, 1.54) is 0 Å². The van der Waals surface area contributed by atoms with Crippen LogP contribution in [0.5, 0.6) is 11.5 Å². The summed E-state index contributed by atoms with van der Waals surface area (Å²) in [4.78, 5) is 0. The molecule has 0 bridgehead atoms. The lowest BCUT2D eigenvalue weighted by atomic mass is 10.2. The zero-order valence-corrected chi connectivity index (χ0v) is 13.0. The van der Waals surface area contributed by atoms with Crippen LogP contribution in [-0.2, 0) is 14.2 Å². The Hall–Kier alpha value is -0.570. The van der Waals surface area contributed by atoms with E-state index in [9.17, 15) is 0 Å². The Morgan fingerprint density at radius 1 is 1.11 bits per heavy atom. The maximum absolute atomic E-state index is 5.52. The second-order valence-corrected chi connectivity index (χ2v) is 4.43. The first kappa shape index (κ1) is 15.5. The molecule has 0 aliphatic carbocycles. The molecule has 1 aromatic rings. The lowest BCUT2D eigenvalue weighted by Gasteiger charge is -2.19. The van der Waals surface area contributed by atoms with E-state index in [-0.39, 0.29) is 6.79 Å². The Bertz CT molecular complexity index is 379. The molecule has 0 aliphatic rings. The van der Waals surface area contributed by atoms with Gasteiger partial charge in [-0.2, -0.15) is 0 Å². The van der Waals surface area contributed by atoms with E-state index in [4.69, 9.17) is 23.7 Å². The van der Waals surface area contributed by atoms with Gasteiger partial charge in [-0.3, -0.25) is 0 Å². The van der Waals surface area contributed by atoms with E-state index in [2.05, 4.69) is 22.6 Å². The van der Waals surface area contributed by atoms with Gasteiger partial charge in [0.15, 0.2) is 24.6 Å². The van der Waals surface area contributed by atoms with Crippen molar-refractivity contribution >= 4 is 22.6 Å². The van der Waals surface area contributed by atoms with E-state index in [0.29, 0.717) is 11.5 Å². The van der Waals surface area contributed by atoms with Crippen LogP contribution in [-0.4, -0.2) is 35.2 Å². The predicted octanol–water partition coefficient (Wildman–Crippen LogP) is 2.57. The summed E-state index contributed by atoms with van der Waals surface area (Å²) in [6.45, 7) is 0.153. The topological polar surface area (TPSA) is 46.2 Å². The van der Waals surface area contributed by atoms with Crippen LogP contribution >= 0.6 is 22.6 Å². The van der Waals surface area contributed by atoms with Crippen molar-refractivity contribution in [3.63, 3.8) is 0 Å². The molecule has 0 unspecified atom stereocenters. The molecular formula is C12H17IO5. The minimum absolute atomic E-state index is 0.153. The summed E-state index contributed by atoms with van der Waals surface area (Å²) in [5, 5.41) is 0. The highest BCUT2D eigenvalue weighted by Gasteiger charge is 2.19. The molecular weight excluding hydrogens is 351 g/mol. The van der Waals surface area contributed by atoms with Crippen molar-refractivity contribution < 1.29 is 23.7 Å². The number of rotatable bonds is 7. The molecule has 0 N–H and O–H groups in total. The highest BCUT2D eigenvalue weighted by molar-refractivity contribution is 14.1. The summed E-state index contributed by atoms with van der Waals surface area (Å²) in [6.07, 6.45) is -0.437. The summed E-state index contributed by atoms with van der Waals surface area (Å²) in [5.74, 6) is 1.27. The molecule has 0 radical (unpaired) electrons. The van der Waals surface area contributed by atoms with Gasteiger partial charge in [-0.25, -0.2) is 0 Å². The fourth-order valence-corrected chi connectivity index (χ4v) is 2.35. The number of benzene rings is 1. The van der Waals surface area contributed by atoms with Crippen LogP contribution in [0.25, 0.3) is 0 Å². The third-order valence-electron chi connectivity index (χ3n) is 2.31. The first-order chi connectivity index (χ1) is 8.69. The first-order valence-corrected chi connectivity index (χ1v) is 6.31. The molecule has 0 saturated carbocycles. The van der Waals surface area contributed by atoms with Crippen LogP contribution in [0.1, 0.15) is 11.9 Å². The monoisotopic (exact) mass is 368 g/mol. The van der Waals surface area contributed by atoms with Crippen LogP contribution in [0.15, 0.2) is 12.1 Å². The van der Waals surface area contributed by atoms with Gasteiger partial charge in [-0.1, -0.05) is 0 Å². The minimum Gasteiger partial charge on any atom is -0.493 e. The molecule has 0 fully saturated rings. The number of hydrogen-bond donors (Lipinski definition) is 0. The average Bonchev–Trinajstić information content (AvgIpc) is 2.40. The molecule has 0 heterocycles. The molecule has 0 amide bonds. The van der Waals surface area contributed by atoms with Crippen LogP contribution in [0.3, 0.4) is 0 Å². The van der Waals surface area contributed by atoms with Crippen LogP contribution in [0.2, 0.25) is 0 Å². The second-order valence-electron chi connectivity index (χ2n) is 3.35. The Morgan fingerprint density at radius 2 is 1.78 bits per heavy atom. The molecule has 102 valence electrons. The van der Waals surface area contributed by atoms with Crippen LogP contribution < -0.4 is 9.47 Å². The molecule has 5 nitrogen and oxygen atoms in total. The van der Waals surface area contributed by atoms with E-state index in [1.54, 1.807) is 28.4 Å². The maximum atomic E-state index is 5.52. The van der Waals surface area contributed by atoms with E-state index < -0.39 is 6.29 Å². The Balaban J connectivity index is 3.15. The molecule has 0 aromatic heterocycles. The third kappa shape index (κ3) is 3.47. The van der Waals surface area contributed by atoms with Gasteiger partial charge in [0.05, 0.1) is 10.7 Å². The van der Waals surface area contributed by atoms with Gasteiger partial charge in [0, 0.05) is 26.9 Å². The van der Waals surface area contributed by atoms with Gasteiger partial charge in [0.25, 0.3) is 0 Å². The van der Waals surface area contributed by atoms with E-state index in [0.717, 1.165) is 9.13 Å². The first-order valence-electron chi connectivity index (χ1n) is 5.23. The van der Waals surface area contributed by atoms with Crippen molar-refractivity contribution in [3.8, 4) is 11.5 Å². The van der Waals surface area contributed by atoms with Crippen molar-refractivity contribution in [1.82, 2.24) is 0 Å². The van der Waals surface area contributed by atoms with Crippen LogP contribution in [0, 0.1) is 3.57 Å². The zero-order chi connectivity index (χ0) is 13.5. The fraction of sp³-hybridized carbons (Fsp3) is 0.500. The standard InChI is InChI=1S/C12H17IO5/c1-14-7-18-11-9(15-2)6-5-8(10(11)13)12(16-3)17-4/h5-6,12H,7H2,1-4H3. The molecule has 0 spiro atoms. The molecule has 0 saturated heterocycles. The van der Waals surface area contributed by atoms with Crippen molar-refractivity contribution in [2.24, 2.45) is 0 Å². The SMILES string of the molecule is COCOc1c(OC)ccc(C(OC)OC)c1I. The quantitative estimate of drug-likeness (QED) is 0.547. The molecule has 0 aliphatic heterocycles. The Labute approximate surface area is 120 Å². The van der Waals surface area contributed by atoms with Gasteiger partial charge >= 0.3 is 0 Å². The Kier molecular flexibility index (Phi) is 6.69. The predicted molar refractivity (Wildman–Crippen MR) is 75.0 cm³/mol. The Morgan fingerprint density at radius 3 is 2.28 bits per heavy atom. The van der Waals surface area contributed by atoms with Gasteiger partial charge < -0.3 is 23.7 Å². The van der Waals surface area contributed by atoms with Gasteiger partial charge in [-0.15, -0.1) is 0 Å². The smallest absolute Gasteiger partial charge is 0.188 e. The summed E-state index contributed by atoms with van der Waals surface area (Å²) >= 11 is 2.17. The second kappa shape index (κ2) is 7.78. The van der Waals surface area contributed by atoms with Gasteiger partial charge in [0.2, 0.25) is 0 Å². The molecule has 6 heteroatoms. The lowest BCUT2D eigenvalue weighted by Crippen LogP contribution is -2.09. The fourth-order valence-electron chi connectivity index (χ4n) is 1.50. The maximum Gasteiger partial charge on any atom is 0.188 e. The molecule has 1 aromatic carbocycles. The molecule has 1 rings (SSSR count). The largest absolute Gasteiger partial charge is 0.493 e. The summed E-state index contributed by atoms with van der Waals surface area (Å²) in [6, 6.07) is 3.70. The van der Waals surface area contributed by atoms with Crippen molar-refractivity contribution in [3.05, 3.63) is 21.3 Å². The lowest BCUT2D eigenvalue weighted by molar-refractivity contribution is -0.106. The van der Waals surface area contributed by atoms with Gasteiger partial charge in [0.1, 0.15) is 0 Å². The number of methoxy groups -OCH3 is 4. The molecule has 18 heavy (non-hydrogen) atoms. The van der Waals surface area contributed by atoms with Crippen molar-refractivity contribution in [2.45, 2.75) is 6.29 Å². The number of hydrogen-bond acceptors (Lipinski definition) is 5. The number of ether oxygens (including phenoxy) is 5. The van der Waals surface area contributed by atoms with Crippen molar-refractivity contribution in [2.75, 3.05) is 35.2 Å². The highest BCUT2D eigenvalue weighted by atomic mass is 127. The van der Waals surface area contributed by atoms with Gasteiger partial charge in [-0.05, 0) is 34.7 Å². The molecule has 0 atom stereocenters. The summed E-state index contributed by atoms with van der Waals surface area (Å²) < 4.78 is 27.1. The summed E-state index contributed by atoms with van der Waals surface area (Å²) in [7, 11) is 6.33. The van der Waals surface area contributed by atoms with Crippen molar-refractivity contribution in [1.29, 1.82) is 0 Å². The minimum atomic E-state index is -0.437. The van der Waals surface area contributed by atoms with Crippen LogP contribution in [0.4, 0.5) is 0 Å².